The van der Waals surface area contributed by atoms with E-state index in [1.54, 1.807) is 6.92 Å². The Balaban J connectivity index is 3.00. The molecule has 0 aliphatic heterocycles. The van der Waals surface area contributed by atoms with E-state index >= 15 is 0 Å². The minimum atomic E-state index is -2.21. The summed E-state index contributed by atoms with van der Waals surface area (Å²) in [7, 11) is 0. The van der Waals surface area contributed by atoms with Crippen LogP contribution in [0.4, 0.5) is 22.0 Å². The molecule has 0 N–H and O–H groups in total. The van der Waals surface area contributed by atoms with E-state index in [0.717, 1.165) is 0 Å². The van der Waals surface area contributed by atoms with Crippen molar-refractivity contribution < 1.29 is 26.8 Å². The van der Waals surface area contributed by atoms with Gasteiger partial charge in [0.05, 0.1) is 11.3 Å². The summed E-state index contributed by atoms with van der Waals surface area (Å²) in [6.45, 7) is 2.34. The number of thiol groups is 1. The third-order valence-electron chi connectivity index (χ3n) is 2.32. The summed E-state index contributed by atoms with van der Waals surface area (Å²) in [6.07, 6.45) is 0. The van der Waals surface area contributed by atoms with E-state index in [-0.39, 0.29) is 5.25 Å². The third-order valence-corrected chi connectivity index (χ3v) is 2.70. The molecular weight excluding hydrogens is 289 g/mol. The van der Waals surface area contributed by atoms with Gasteiger partial charge in [0.1, 0.15) is 6.61 Å². The van der Waals surface area contributed by atoms with E-state index < -0.39 is 41.3 Å². The first-order valence-electron chi connectivity index (χ1n) is 5.12. The maximum Gasteiger partial charge on any atom is 0.200 e. The Morgan fingerprint density at radius 3 is 1.89 bits per heavy atom. The molecule has 1 rings (SSSR count). The molecule has 0 saturated carbocycles. The molecule has 1 atom stereocenters. The van der Waals surface area contributed by atoms with Crippen LogP contribution in [0.1, 0.15) is 19.4 Å². The van der Waals surface area contributed by atoms with E-state index in [4.69, 9.17) is 0 Å². The number of benzene rings is 1. The lowest BCUT2D eigenvalue weighted by Gasteiger charge is -2.08. The molecule has 2 nitrogen and oxygen atoms in total. The lowest BCUT2D eigenvalue weighted by atomic mass is 10.2. The third kappa shape index (κ3) is 3.37. The van der Waals surface area contributed by atoms with Crippen LogP contribution in [0.25, 0.3) is 0 Å². The molecule has 0 heterocycles. The Morgan fingerprint density at radius 1 is 1.05 bits per heavy atom. The molecular formula is C11H10F5NOS. The molecule has 8 heteroatoms. The van der Waals surface area contributed by atoms with Crippen LogP contribution in [0, 0.1) is 29.1 Å². The number of nitrogens with zero attached hydrogens (tertiary/aromatic N) is 1. The fourth-order valence-electron chi connectivity index (χ4n) is 1.05. The van der Waals surface area contributed by atoms with Crippen molar-refractivity contribution in [3.05, 3.63) is 34.6 Å². The van der Waals surface area contributed by atoms with Gasteiger partial charge in [-0.3, -0.25) is 0 Å². The minimum Gasteiger partial charge on any atom is -0.391 e. The predicted octanol–water partition coefficient (Wildman–Crippen LogP) is 3.59. The van der Waals surface area contributed by atoms with Crippen LogP contribution < -0.4 is 0 Å². The van der Waals surface area contributed by atoms with Gasteiger partial charge in [0.25, 0.3) is 0 Å². The van der Waals surface area contributed by atoms with Crippen molar-refractivity contribution >= 4 is 18.3 Å². The summed E-state index contributed by atoms with van der Waals surface area (Å²) in [6, 6.07) is 0. The maximum absolute atomic E-state index is 13.2. The molecule has 0 saturated heterocycles. The zero-order valence-electron chi connectivity index (χ0n) is 9.98. The van der Waals surface area contributed by atoms with E-state index in [2.05, 4.69) is 22.6 Å². The van der Waals surface area contributed by atoms with Crippen LogP contribution in [-0.4, -0.2) is 11.0 Å². The van der Waals surface area contributed by atoms with Crippen LogP contribution >= 0.6 is 12.6 Å². The molecule has 0 aliphatic carbocycles. The molecule has 0 radical (unpaired) electrons. The fourth-order valence-corrected chi connectivity index (χ4v) is 1.10. The summed E-state index contributed by atoms with van der Waals surface area (Å²) in [5, 5.41) is 3.18. The van der Waals surface area contributed by atoms with Crippen molar-refractivity contribution in [1.82, 2.24) is 0 Å². The highest BCUT2D eigenvalue weighted by Gasteiger charge is 2.25. The van der Waals surface area contributed by atoms with Crippen molar-refractivity contribution in [2.24, 2.45) is 5.16 Å². The number of oxime groups is 1. The van der Waals surface area contributed by atoms with Gasteiger partial charge in [-0.25, -0.2) is 22.0 Å². The molecule has 1 unspecified atom stereocenters. The SMILES string of the molecule is C/C(=N/OCc1c(F)c(F)c(F)c(F)c1F)C(C)S. The minimum absolute atomic E-state index is 0.267. The second-order valence-electron chi connectivity index (χ2n) is 3.73. The van der Waals surface area contributed by atoms with Crippen molar-refractivity contribution in [3.8, 4) is 0 Å². The zero-order valence-corrected chi connectivity index (χ0v) is 10.9. The first-order chi connectivity index (χ1) is 8.77. The molecule has 19 heavy (non-hydrogen) atoms. The molecule has 0 amide bonds. The van der Waals surface area contributed by atoms with Crippen molar-refractivity contribution in [2.45, 2.75) is 25.7 Å². The normalized spacial score (nSPS) is 13.6. The van der Waals surface area contributed by atoms with E-state index in [0.29, 0.717) is 5.71 Å². The van der Waals surface area contributed by atoms with E-state index in [1.165, 1.54) is 6.92 Å². The monoisotopic (exact) mass is 299 g/mol. The van der Waals surface area contributed by atoms with Gasteiger partial charge in [0, 0.05) is 5.25 Å². The van der Waals surface area contributed by atoms with E-state index in [1.807, 2.05) is 0 Å². The Morgan fingerprint density at radius 2 is 1.47 bits per heavy atom. The number of hydrogen-bond acceptors (Lipinski definition) is 3. The summed E-state index contributed by atoms with van der Waals surface area (Å²) >= 11 is 4.01. The first-order valence-corrected chi connectivity index (χ1v) is 5.63. The number of hydrogen-bond donors (Lipinski definition) is 1. The molecule has 1 aromatic rings. The lowest BCUT2D eigenvalue weighted by Crippen LogP contribution is -2.09. The molecule has 1 aromatic carbocycles. The number of halogens is 5. The average molecular weight is 299 g/mol. The van der Waals surface area contributed by atoms with Crippen LogP contribution in [0.2, 0.25) is 0 Å². The Bertz CT molecular complexity index is 489. The topological polar surface area (TPSA) is 21.6 Å². The highest BCUT2D eigenvalue weighted by molar-refractivity contribution is 7.81. The highest BCUT2D eigenvalue weighted by Crippen LogP contribution is 2.23. The summed E-state index contributed by atoms with van der Waals surface area (Å²) in [5.41, 5.74) is -0.674. The van der Waals surface area contributed by atoms with Crippen molar-refractivity contribution in [3.63, 3.8) is 0 Å². The molecule has 0 aliphatic rings. The summed E-state index contributed by atoms with van der Waals surface area (Å²) in [5.74, 6) is -10.1. The lowest BCUT2D eigenvalue weighted by molar-refractivity contribution is 0.122. The van der Waals surface area contributed by atoms with Gasteiger partial charge in [-0.1, -0.05) is 5.16 Å². The second kappa shape index (κ2) is 6.23. The summed E-state index contributed by atoms with van der Waals surface area (Å²) < 4.78 is 64.9. The number of rotatable bonds is 4. The highest BCUT2D eigenvalue weighted by atomic mass is 32.1. The molecule has 106 valence electrons. The Hall–Kier alpha value is -1.31. The van der Waals surface area contributed by atoms with Gasteiger partial charge in [0.15, 0.2) is 23.3 Å². The maximum atomic E-state index is 13.2. The predicted molar refractivity (Wildman–Crippen MR) is 62.6 cm³/mol. The van der Waals surface area contributed by atoms with Crippen LogP contribution in [0.15, 0.2) is 5.16 Å². The molecule has 0 bridgehead atoms. The van der Waals surface area contributed by atoms with Gasteiger partial charge in [-0.15, -0.1) is 0 Å². The standard InChI is InChI=1S/C11H10F5NOS/c1-4(5(2)19)17-18-3-6-7(12)9(14)11(16)10(15)8(6)13/h5,19H,3H2,1-2H3/b17-4-. The molecule has 0 aromatic heterocycles. The second-order valence-corrected chi connectivity index (χ2v) is 4.51. The van der Waals surface area contributed by atoms with Crippen molar-refractivity contribution in [2.75, 3.05) is 0 Å². The zero-order chi connectivity index (χ0) is 14.7. The smallest absolute Gasteiger partial charge is 0.200 e. The van der Waals surface area contributed by atoms with E-state index in [9.17, 15) is 22.0 Å². The Labute approximate surface area is 111 Å². The summed E-state index contributed by atoms with van der Waals surface area (Å²) in [4.78, 5) is 4.56. The van der Waals surface area contributed by atoms with Gasteiger partial charge in [-0.05, 0) is 13.8 Å². The van der Waals surface area contributed by atoms with Gasteiger partial charge >= 0.3 is 0 Å². The van der Waals surface area contributed by atoms with Gasteiger partial charge in [-0.2, -0.15) is 12.6 Å². The molecule has 0 spiro atoms. The van der Waals surface area contributed by atoms with Crippen LogP contribution in [0.3, 0.4) is 0 Å². The largest absolute Gasteiger partial charge is 0.391 e. The molecule has 0 fully saturated rings. The average Bonchev–Trinajstić information content (AvgIpc) is 2.37. The van der Waals surface area contributed by atoms with Crippen LogP contribution in [0.5, 0.6) is 0 Å². The quantitative estimate of drug-likeness (QED) is 0.225. The Kier molecular flexibility index (Phi) is 5.16. The fraction of sp³-hybridized carbons (Fsp3) is 0.364. The van der Waals surface area contributed by atoms with Crippen molar-refractivity contribution in [1.29, 1.82) is 0 Å². The van der Waals surface area contributed by atoms with Gasteiger partial charge in [0.2, 0.25) is 5.82 Å². The first kappa shape index (κ1) is 15.7. The van der Waals surface area contributed by atoms with Gasteiger partial charge < -0.3 is 4.84 Å². The van der Waals surface area contributed by atoms with Crippen LogP contribution in [-0.2, 0) is 11.4 Å².